The van der Waals surface area contributed by atoms with Crippen molar-refractivity contribution in [1.29, 1.82) is 0 Å². The van der Waals surface area contributed by atoms with E-state index in [1.165, 1.54) is 5.56 Å². The molecule has 1 amide bonds. The molecule has 126 valence electrons. The minimum atomic E-state index is -0.841. The lowest BCUT2D eigenvalue weighted by Crippen LogP contribution is -2.40. The summed E-state index contributed by atoms with van der Waals surface area (Å²) in [6, 6.07) is 7.44. The number of likely N-dealkylation sites (tertiary alicyclic amines) is 1. The number of amides is 1. The fraction of sp³-hybridized carbons (Fsp3) is 0.556. The van der Waals surface area contributed by atoms with Gasteiger partial charge in [-0.1, -0.05) is 32.9 Å². The zero-order valence-electron chi connectivity index (χ0n) is 14.2. The van der Waals surface area contributed by atoms with Crippen molar-refractivity contribution in [3.05, 3.63) is 29.8 Å². The predicted molar refractivity (Wildman–Crippen MR) is 87.6 cm³/mol. The fourth-order valence-electron chi connectivity index (χ4n) is 2.90. The first-order valence-corrected chi connectivity index (χ1v) is 7.96. The van der Waals surface area contributed by atoms with Crippen LogP contribution in [0.5, 0.6) is 5.75 Å². The Hall–Kier alpha value is -2.04. The van der Waals surface area contributed by atoms with Crippen molar-refractivity contribution in [2.75, 3.05) is 13.2 Å². The number of carboxylic acid groups (broad SMARTS) is 1. The van der Waals surface area contributed by atoms with Crippen molar-refractivity contribution < 1.29 is 19.4 Å². The molecule has 0 spiro atoms. The summed E-state index contributed by atoms with van der Waals surface area (Å²) >= 11 is 0. The quantitative estimate of drug-likeness (QED) is 0.926. The Kier molecular flexibility index (Phi) is 4.97. The molecule has 1 heterocycles. The van der Waals surface area contributed by atoms with Gasteiger partial charge in [0, 0.05) is 12.6 Å². The van der Waals surface area contributed by atoms with Crippen LogP contribution in [0.15, 0.2) is 24.3 Å². The molecule has 0 aliphatic carbocycles. The Labute approximate surface area is 137 Å². The number of rotatable bonds is 4. The number of aliphatic carboxylic acids is 1. The van der Waals surface area contributed by atoms with E-state index in [2.05, 4.69) is 20.8 Å². The van der Waals surface area contributed by atoms with Gasteiger partial charge in [-0.05, 0) is 36.5 Å². The first-order valence-electron chi connectivity index (χ1n) is 7.96. The molecular formula is C18H25NO4. The molecule has 1 saturated heterocycles. The van der Waals surface area contributed by atoms with Gasteiger partial charge in [-0.15, -0.1) is 0 Å². The molecule has 0 bridgehead atoms. The van der Waals surface area contributed by atoms with Crippen LogP contribution < -0.4 is 4.74 Å². The third-order valence-corrected chi connectivity index (χ3v) is 4.48. The molecular weight excluding hydrogens is 294 g/mol. The minimum Gasteiger partial charge on any atom is -0.484 e. The molecule has 0 radical (unpaired) electrons. The monoisotopic (exact) mass is 319 g/mol. The van der Waals surface area contributed by atoms with E-state index in [4.69, 9.17) is 9.84 Å². The van der Waals surface area contributed by atoms with Crippen LogP contribution in [0.3, 0.4) is 0 Å². The van der Waals surface area contributed by atoms with Crippen molar-refractivity contribution in [2.45, 2.75) is 45.6 Å². The van der Waals surface area contributed by atoms with Crippen LogP contribution in [0.1, 0.15) is 39.7 Å². The summed E-state index contributed by atoms with van der Waals surface area (Å²) in [5.41, 5.74) is 1.28. The van der Waals surface area contributed by atoms with Gasteiger partial charge >= 0.3 is 5.97 Å². The molecule has 2 atom stereocenters. The highest BCUT2D eigenvalue weighted by Gasteiger charge is 2.38. The molecule has 1 N–H and O–H groups in total. The number of carbonyl (C=O) groups excluding carboxylic acids is 1. The molecule has 1 fully saturated rings. The second-order valence-corrected chi connectivity index (χ2v) is 7.12. The van der Waals surface area contributed by atoms with E-state index in [9.17, 15) is 9.59 Å². The highest BCUT2D eigenvalue weighted by atomic mass is 16.5. The fourth-order valence-corrected chi connectivity index (χ4v) is 2.90. The summed E-state index contributed by atoms with van der Waals surface area (Å²) in [4.78, 5) is 24.9. The molecule has 1 aromatic carbocycles. The number of benzene rings is 1. The van der Waals surface area contributed by atoms with Crippen LogP contribution in [0.25, 0.3) is 0 Å². The highest BCUT2D eigenvalue weighted by molar-refractivity contribution is 5.80. The Bertz CT molecular complexity index is 574. The summed E-state index contributed by atoms with van der Waals surface area (Å²) < 4.78 is 5.55. The maximum absolute atomic E-state index is 12.2. The van der Waals surface area contributed by atoms with Gasteiger partial charge in [0.2, 0.25) is 0 Å². The molecule has 5 heteroatoms. The van der Waals surface area contributed by atoms with Crippen LogP contribution in [0.2, 0.25) is 0 Å². The molecule has 5 nitrogen and oxygen atoms in total. The Morgan fingerprint density at radius 2 is 1.87 bits per heavy atom. The summed E-state index contributed by atoms with van der Waals surface area (Å²) in [7, 11) is 0. The van der Waals surface area contributed by atoms with Crippen LogP contribution in [0, 0.1) is 5.92 Å². The number of ether oxygens (including phenoxy) is 1. The zero-order valence-corrected chi connectivity index (χ0v) is 14.2. The van der Waals surface area contributed by atoms with E-state index in [1.807, 2.05) is 24.3 Å². The first kappa shape index (κ1) is 17.3. The average molecular weight is 319 g/mol. The van der Waals surface area contributed by atoms with E-state index in [0.717, 1.165) is 0 Å². The largest absolute Gasteiger partial charge is 0.484 e. The molecule has 1 aliphatic rings. The Morgan fingerprint density at radius 1 is 1.26 bits per heavy atom. The normalized spacial score (nSPS) is 21.3. The number of carbonyl (C=O) groups is 2. The predicted octanol–water partition coefficient (Wildman–Crippen LogP) is 2.68. The lowest BCUT2D eigenvalue weighted by molar-refractivity contribution is -0.143. The lowest BCUT2D eigenvalue weighted by Gasteiger charge is -2.23. The molecule has 2 unspecified atom stereocenters. The van der Waals surface area contributed by atoms with E-state index in [0.29, 0.717) is 18.7 Å². The summed E-state index contributed by atoms with van der Waals surface area (Å²) in [6.07, 6.45) is 0.502. The summed E-state index contributed by atoms with van der Waals surface area (Å²) in [5.74, 6) is -0.842. The molecule has 1 aliphatic heterocycles. The van der Waals surface area contributed by atoms with Gasteiger partial charge in [-0.25, -0.2) is 0 Å². The second kappa shape index (κ2) is 6.60. The molecule has 1 aromatic rings. The van der Waals surface area contributed by atoms with Crippen LogP contribution >= 0.6 is 0 Å². The van der Waals surface area contributed by atoms with Crippen molar-refractivity contribution in [3.63, 3.8) is 0 Å². The SMILES string of the molecule is CC1C(C(=O)O)CCN1C(=O)COc1ccc(C(C)(C)C)cc1. The van der Waals surface area contributed by atoms with Gasteiger partial charge in [0.1, 0.15) is 5.75 Å². The van der Waals surface area contributed by atoms with Gasteiger partial charge in [0.15, 0.2) is 6.61 Å². The third-order valence-electron chi connectivity index (χ3n) is 4.48. The van der Waals surface area contributed by atoms with Gasteiger partial charge in [0.05, 0.1) is 5.92 Å². The summed E-state index contributed by atoms with van der Waals surface area (Å²) in [5, 5.41) is 9.11. The van der Waals surface area contributed by atoms with Gasteiger partial charge in [-0.2, -0.15) is 0 Å². The van der Waals surface area contributed by atoms with E-state index in [1.54, 1.807) is 11.8 Å². The number of nitrogens with zero attached hydrogens (tertiary/aromatic N) is 1. The zero-order chi connectivity index (χ0) is 17.2. The lowest BCUT2D eigenvalue weighted by atomic mass is 9.87. The molecule has 2 rings (SSSR count). The molecule has 23 heavy (non-hydrogen) atoms. The van der Waals surface area contributed by atoms with Gasteiger partial charge in [0.25, 0.3) is 5.91 Å². The molecule has 0 saturated carbocycles. The molecule has 0 aromatic heterocycles. The smallest absolute Gasteiger partial charge is 0.308 e. The van der Waals surface area contributed by atoms with Gasteiger partial charge in [-0.3, -0.25) is 9.59 Å². The highest BCUT2D eigenvalue weighted by Crippen LogP contribution is 2.26. The second-order valence-electron chi connectivity index (χ2n) is 7.12. The Morgan fingerprint density at radius 3 is 2.35 bits per heavy atom. The first-order chi connectivity index (χ1) is 10.7. The maximum Gasteiger partial charge on any atom is 0.308 e. The van der Waals surface area contributed by atoms with Crippen LogP contribution in [0.4, 0.5) is 0 Å². The van der Waals surface area contributed by atoms with Crippen molar-refractivity contribution in [1.82, 2.24) is 4.90 Å². The van der Waals surface area contributed by atoms with Crippen molar-refractivity contribution >= 4 is 11.9 Å². The van der Waals surface area contributed by atoms with E-state index >= 15 is 0 Å². The average Bonchev–Trinajstić information content (AvgIpc) is 2.86. The topological polar surface area (TPSA) is 66.8 Å². The minimum absolute atomic E-state index is 0.0639. The number of carboxylic acids is 1. The number of hydrogen-bond donors (Lipinski definition) is 1. The van der Waals surface area contributed by atoms with Crippen LogP contribution in [-0.2, 0) is 15.0 Å². The van der Waals surface area contributed by atoms with E-state index in [-0.39, 0.29) is 24.0 Å². The van der Waals surface area contributed by atoms with Crippen molar-refractivity contribution in [3.8, 4) is 5.75 Å². The Balaban J connectivity index is 1.91. The van der Waals surface area contributed by atoms with Gasteiger partial charge < -0.3 is 14.7 Å². The van der Waals surface area contributed by atoms with Crippen molar-refractivity contribution in [2.24, 2.45) is 5.92 Å². The third kappa shape index (κ3) is 4.03. The standard InChI is InChI=1S/C18H25NO4/c1-12-15(17(21)22)9-10-19(12)16(20)11-23-14-7-5-13(6-8-14)18(2,3)4/h5-8,12,15H,9-11H2,1-4H3,(H,21,22). The van der Waals surface area contributed by atoms with Crippen LogP contribution in [-0.4, -0.2) is 41.1 Å². The maximum atomic E-state index is 12.2. The summed E-state index contributed by atoms with van der Waals surface area (Å²) in [6.45, 7) is 8.61. The number of hydrogen-bond acceptors (Lipinski definition) is 3. The van der Waals surface area contributed by atoms with E-state index < -0.39 is 11.9 Å².